The van der Waals surface area contributed by atoms with Crippen molar-refractivity contribution in [3.8, 4) is 0 Å². The molecule has 1 saturated carbocycles. The van der Waals surface area contributed by atoms with Gasteiger partial charge in [0.05, 0.1) is 10.6 Å². The number of rotatable bonds is 3. The van der Waals surface area contributed by atoms with Crippen molar-refractivity contribution in [2.45, 2.75) is 32.2 Å². The van der Waals surface area contributed by atoms with Gasteiger partial charge in [-0.2, -0.15) is 0 Å². The fraction of sp³-hybridized carbons (Fsp3) is 0.500. The lowest BCUT2D eigenvalue weighted by Gasteiger charge is -2.19. The number of halogens is 2. The highest BCUT2D eigenvalue weighted by Gasteiger charge is 2.28. The number of carbonyl (C=O) groups excluding carboxylic acids is 1. The molecule has 0 aromatic heterocycles. The third kappa shape index (κ3) is 3.07. The fourth-order valence-electron chi connectivity index (χ4n) is 2.46. The lowest BCUT2D eigenvalue weighted by Crippen LogP contribution is -2.38. The number of hydrogen-bond donors (Lipinski definition) is 1. The van der Waals surface area contributed by atoms with Crippen molar-refractivity contribution in [1.82, 2.24) is 5.32 Å². The Kier molecular flexibility index (Phi) is 4.68. The van der Waals surface area contributed by atoms with Gasteiger partial charge in [0.1, 0.15) is 0 Å². The zero-order valence-corrected chi connectivity index (χ0v) is 12.7. The van der Waals surface area contributed by atoms with E-state index in [0.717, 1.165) is 17.3 Å². The van der Waals surface area contributed by atoms with Crippen LogP contribution in [-0.2, 0) is 0 Å². The van der Waals surface area contributed by atoms with Crippen LogP contribution in [0.1, 0.15) is 35.2 Å². The summed E-state index contributed by atoms with van der Waals surface area (Å²) >= 11 is 9.62. The average molecular weight is 331 g/mol. The highest BCUT2D eigenvalue weighted by molar-refractivity contribution is 9.09. The number of aryl methyl sites for hydroxylation is 1. The van der Waals surface area contributed by atoms with Crippen LogP contribution in [-0.4, -0.2) is 17.3 Å². The zero-order chi connectivity index (χ0) is 13.1. The molecule has 1 aromatic carbocycles. The van der Waals surface area contributed by atoms with E-state index in [1.54, 1.807) is 6.07 Å². The Labute approximate surface area is 121 Å². The fourth-order valence-corrected chi connectivity index (χ4v) is 3.56. The minimum atomic E-state index is -0.0575. The molecule has 1 N–H and O–H groups in total. The van der Waals surface area contributed by atoms with Gasteiger partial charge in [-0.25, -0.2) is 0 Å². The van der Waals surface area contributed by atoms with Gasteiger partial charge in [0.2, 0.25) is 0 Å². The van der Waals surface area contributed by atoms with Crippen LogP contribution in [0.15, 0.2) is 18.2 Å². The maximum Gasteiger partial charge on any atom is 0.253 e. The quantitative estimate of drug-likeness (QED) is 0.836. The number of nitrogens with one attached hydrogen (secondary N) is 1. The van der Waals surface area contributed by atoms with Gasteiger partial charge in [-0.15, -0.1) is 0 Å². The van der Waals surface area contributed by atoms with Crippen LogP contribution in [0.4, 0.5) is 0 Å². The van der Waals surface area contributed by atoms with Crippen molar-refractivity contribution in [3.63, 3.8) is 0 Å². The van der Waals surface area contributed by atoms with Crippen LogP contribution < -0.4 is 5.32 Å². The van der Waals surface area contributed by atoms with Crippen LogP contribution in [0, 0.1) is 12.8 Å². The molecule has 1 fully saturated rings. The van der Waals surface area contributed by atoms with Crippen molar-refractivity contribution in [3.05, 3.63) is 34.3 Å². The minimum absolute atomic E-state index is 0.0575. The van der Waals surface area contributed by atoms with Crippen molar-refractivity contribution in [2.75, 3.05) is 5.33 Å². The van der Waals surface area contributed by atoms with Gasteiger partial charge in [-0.1, -0.05) is 40.0 Å². The van der Waals surface area contributed by atoms with Crippen molar-refractivity contribution < 1.29 is 4.79 Å². The first kappa shape index (κ1) is 13.9. The molecule has 0 radical (unpaired) electrons. The summed E-state index contributed by atoms with van der Waals surface area (Å²) in [4.78, 5) is 12.2. The predicted octanol–water partition coefficient (Wildman–Crippen LogP) is 3.94. The van der Waals surface area contributed by atoms with Gasteiger partial charge in [0, 0.05) is 11.4 Å². The molecule has 18 heavy (non-hydrogen) atoms. The molecule has 0 bridgehead atoms. The highest BCUT2D eigenvalue weighted by Crippen LogP contribution is 2.28. The number of benzene rings is 1. The minimum Gasteiger partial charge on any atom is -0.349 e. The molecule has 4 heteroatoms. The highest BCUT2D eigenvalue weighted by atomic mass is 79.9. The summed E-state index contributed by atoms with van der Waals surface area (Å²) in [5.41, 5.74) is 1.64. The van der Waals surface area contributed by atoms with Gasteiger partial charge in [0.25, 0.3) is 5.91 Å². The monoisotopic (exact) mass is 329 g/mol. The SMILES string of the molecule is Cc1ccc(C(=O)NC2CCCC2CBr)c(Cl)c1. The van der Waals surface area contributed by atoms with E-state index in [1.165, 1.54) is 12.8 Å². The smallest absolute Gasteiger partial charge is 0.253 e. The average Bonchev–Trinajstić information content (AvgIpc) is 2.76. The summed E-state index contributed by atoms with van der Waals surface area (Å²) in [5.74, 6) is 0.482. The molecular formula is C14H17BrClNO. The first-order chi connectivity index (χ1) is 8.61. The lowest BCUT2D eigenvalue weighted by molar-refractivity contribution is 0.0930. The third-order valence-corrected chi connectivity index (χ3v) is 4.69. The summed E-state index contributed by atoms with van der Waals surface area (Å²) in [7, 11) is 0. The number of carbonyl (C=O) groups is 1. The molecule has 0 saturated heterocycles. The number of amides is 1. The van der Waals surface area contributed by atoms with Crippen LogP contribution in [0.25, 0.3) is 0 Å². The summed E-state index contributed by atoms with van der Waals surface area (Å²) in [5, 5.41) is 4.58. The van der Waals surface area contributed by atoms with E-state index in [2.05, 4.69) is 21.2 Å². The van der Waals surface area contributed by atoms with Crippen LogP contribution >= 0.6 is 27.5 Å². The van der Waals surface area contributed by atoms with Gasteiger partial charge in [0.15, 0.2) is 0 Å². The molecule has 0 heterocycles. The Morgan fingerprint density at radius 3 is 2.94 bits per heavy atom. The van der Waals surface area contributed by atoms with Crippen molar-refractivity contribution in [1.29, 1.82) is 0 Å². The Morgan fingerprint density at radius 1 is 1.50 bits per heavy atom. The third-order valence-electron chi connectivity index (χ3n) is 3.54. The number of hydrogen-bond acceptors (Lipinski definition) is 1. The van der Waals surface area contributed by atoms with E-state index >= 15 is 0 Å². The molecule has 2 rings (SSSR count). The standard InChI is InChI=1S/C14H17BrClNO/c1-9-5-6-11(12(16)7-9)14(18)17-13-4-2-3-10(13)8-15/h5-7,10,13H,2-4,8H2,1H3,(H,17,18). The lowest BCUT2D eigenvalue weighted by atomic mass is 10.1. The summed E-state index contributed by atoms with van der Waals surface area (Å²) in [6, 6.07) is 5.81. The van der Waals surface area contributed by atoms with E-state index in [4.69, 9.17) is 11.6 Å². The Hall–Kier alpha value is -0.540. The second-order valence-electron chi connectivity index (χ2n) is 4.91. The summed E-state index contributed by atoms with van der Waals surface area (Å²) in [6.45, 7) is 1.96. The maximum atomic E-state index is 12.2. The van der Waals surface area contributed by atoms with E-state index in [0.29, 0.717) is 16.5 Å². The molecule has 2 nitrogen and oxygen atoms in total. The van der Waals surface area contributed by atoms with Gasteiger partial charge < -0.3 is 5.32 Å². The normalized spacial score (nSPS) is 23.1. The van der Waals surface area contributed by atoms with Crippen molar-refractivity contribution in [2.24, 2.45) is 5.92 Å². The van der Waals surface area contributed by atoms with E-state index in [1.807, 2.05) is 19.1 Å². The molecule has 1 aromatic rings. The molecular weight excluding hydrogens is 314 g/mol. The van der Waals surface area contributed by atoms with Crippen molar-refractivity contribution >= 4 is 33.4 Å². The molecule has 1 amide bonds. The molecule has 1 aliphatic carbocycles. The van der Waals surface area contributed by atoms with Crippen LogP contribution in [0.2, 0.25) is 5.02 Å². The first-order valence-electron chi connectivity index (χ1n) is 6.25. The predicted molar refractivity (Wildman–Crippen MR) is 78.6 cm³/mol. The molecule has 0 aliphatic heterocycles. The molecule has 0 spiro atoms. The largest absolute Gasteiger partial charge is 0.349 e. The van der Waals surface area contributed by atoms with E-state index in [9.17, 15) is 4.79 Å². The van der Waals surface area contributed by atoms with Crippen LogP contribution in [0.3, 0.4) is 0 Å². The van der Waals surface area contributed by atoms with Gasteiger partial charge in [-0.05, 0) is 43.4 Å². The zero-order valence-electron chi connectivity index (χ0n) is 10.4. The molecule has 1 aliphatic rings. The Bertz CT molecular complexity index is 449. The summed E-state index contributed by atoms with van der Waals surface area (Å²) < 4.78 is 0. The molecule has 2 atom stereocenters. The van der Waals surface area contributed by atoms with Gasteiger partial charge >= 0.3 is 0 Å². The second-order valence-corrected chi connectivity index (χ2v) is 5.96. The first-order valence-corrected chi connectivity index (χ1v) is 7.74. The van der Waals surface area contributed by atoms with Crippen LogP contribution in [0.5, 0.6) is 0 Å². The van der Waals surface area contributed by atoms with Gasteiger partial charge in [-0.3, -0.25) is 4.79 Å². The van der Waals surface area contributed by atoms with E-state index < -0.39 is 0 Å². The Balaban J connectivity index is 2.07. The topological polar surface area (TPSA) is 29.1 Å². The maximum absolute atomic E-state index is 12.2. The number of alkyl halides is 1. The van der Waals surface area contributed by atoms with E-state index in [-0.39, 0.29) is 11.9 Å². The summed E-state index contributed by atoms with van der Waals surface area (Å²) in [6.07, 6.45) is 3.42. The molecule has 98 valence electrons. The second kappa shape index (κ2) is 6.07. The molecule has 2 unspecified atom stereocenters. The Morgan fingerprint density at radius 2 is 2.28 bits per heavy atom.